The van der Waals surface area contributed by atoms with E-state index in [1.54, 1.807) is 16.5 Å². The van der Waals surface area contributed by atoms with Crippen LogP contribution in [-0.2, 0) is 9.47 Å². The highest BCUT2D eigenvalue weighted by atomic mass is 16.6. The topological polar surface area (TPSA) is 73.7 Å². The smallest absolute Gasteiger partial charge is 0.410 e. The number of amides is 1. The van der Waals surface area contributed by atoms with Crippen LogP contribution in [0.2, 0.25) is 0 Å². The Hall–Kier alpha value is -2.05. The molecule has 1 fully saturated rings. The SMILES string of the molecule is CCOC(=O)c1cnn(C2CN(C(=O)OC(C)(C)C)C2)c1C. The third kappa shape index (κ3) is 3.40. The summed E-state index contributed by atoms with van der Waals surface area (Å²) in [4.78, 5) is 25.3. The molecule has 1 amide bonds. The van der Waals surface area contributed by atoms with Crippen LogP contribution in [0.4, 0.5) is 4.79 Å². The molecule has 1 aliphatic heterocycles. The minimum atomic E-state index is -0.499. The molecule has 7 heteroatoms. The summed E-state index contributed by atoms with van der Waals surface area (Å²) in [7, 11) is 0. The lowest BCUT2D eigenvalue weighted by molar-refractivity contribution is -0.000734. The van der Waals surface area contributed by atoms with Crippen LogP contribution in [-0.4, -0.2) is 52.0 Å². The van der Waals surface area contributed by atoms with Gasteiger partial charge in [-0.25, -0.2) is 9.59 Å². The average Bonchev–Trinajstić information content (AvgIpc) is 2.68. The predicted molar refractivity (Wildman–Crippen MR) is 79.8 cm³/mol. The quantitative estimate of drug-likeness (QED) is 0.800. The molecule has 1 aromatic heterocycles. The Balaban J connectivity index is 1.97. The molecule has 0 N–H and O–H groups in total. The molecule has 0 spiro atoms. The number of likely N-dealkylation sites (tertiary alicyclic amines) is 1. The van der Waals surface area contributed by atoms with E-state index in [-0.39, 0.29) is 18.1 Å². The van der Waals surface area contributed by atoms with Crippen molar-refractivity contribution in [3.63, 3.8) is 0 Å². The van der Waals surface area contributed by atoms with Gasteiger partial charge in [-0.1, -0.05) is 0 Å². The van der Waals surface area contributed by atoms with Gasteiger partial charge in [-0.05, 0) is 34.6 Å². The van der Waals surface area contributed by atoms with Gasteiger partial charge in [0.15, 0.2) is 0 Å². The summed E-state index contributed by atoms with van der Waals surface area (Å²) in [6, 6.07) is 0.0655. The molecular weight excluding hydrogens is 286 g/mol. The van der Waals surface area contributed by atoms with Crippen LogP contribution in [0.3, 0.4) is 0 Å². The van der Waals surface area contributed by atoms with Gasteiger partial charge in [0.2, 0.25) is 0 Å². The monoisotopic (exact) mass is 309 g/mol. The lowest BCUT2D eigenvalue weighted by Crippen LogP contribution is -2.52. The average molecular weight is 309 g/mol. The van der Waals surface area contributed by atoms with E-state index in [0.717, 1.165) is 5.69 Å². The van der Waals surface area contributed by atoms with Crippen molar-refractivity contribution in [3.05, 3.63) is 17.5 Å². The molecule has 7 nitrogen and oxygen atoms in total. The van der Waals surface area contributed by atoms with Gasteiger partial charge in [-0.15, -0.1) is 0 Å². The maximum atomic E-state index is 11.9. The number of aromatic nitrogens is 2. The van der Waals surface area contributed by atoms with Gasteiger partial charge in [-0.2, -0.15) is 5.10 Å². The second-order valence-electron chi connectivity index (χ2n) is 6.35. The summed E-state index contributed by atoms with van der Waals surface area (Å²) in [5, 5.41) is 4.25. The molecule has 2 rings (SSSR count). The number of hydrogen-bond donors (Lipinski definition) is 0. The zero-order chi connectivity index (χ0) is 16.5. The van der Waals surface area contributed by atoms with E-state index in [2.05, 4.69) is 5.10 Å². The molecule has 22 heavy (non-hydrogen) atoms. The summed E-state index contributed by atoms with van der Waals surface area (Å²) in [6.07, 6.45) is 1.20. The molecule has 1 aromatic rings. The Bertz CT molecular complexity index is 568. The van der Waals surface area contributed by atoms with Gasteiger partial charge in [-0.3, -0.25) is 4.68 Å². The first-order chi connectivity index (χ1) is 10.2. The lowest BCUT2D eigenvalue weighted by Gasteiger charge is -2.40. The Morgan fingerprint density at radius 3 is 2.55 bits per heavy atom. The van der Waals surface area contributed by atoms with Crippen molar-refractivity contribution >= 4 is 12.1 Å². The van der Waals surface area contributed by atoms with Gasteiger partial charge in [0.05, 0.1) is 24.5 Å². The van der Waals surface area contributed by atoms with Gasteiger partial charge in [0.1, 0.15) is 11.2 Å². The van der Waals surface area contributed by atoms with Crippen molar-refractivity contribution in [2.24, 2.45) is 0 Å². The number of hydrogen-bond acceptors (Lipinski definition) is 5. The lowest BCUT2D eigenvalue weighted by atomic mass is 10.1. The van der Waals surface area contributed by atoms with E-state index in [4.69, 9.17) is 9.47 Å². The minimum absolute atomic E-state index is 0.0655. The van der Waals surface area contributed by atoms with E-state index in [1.165, 1.54) is 6.20 Å². The second kappa shape index (κ2) is 5.98. The number of carbonyl (C=O) groups excluding carboxylic acids is 2. The molecule has 0 bridgehead atoms. The molecule has 0 radical (unpaired) electrons. The van der Waals surface area contributed by atoms with E-state index < -0.39 is 5.60 Å². The first kappa shape index (κ1) is 16.3. The fourth-order valence-corrected chi connectivity index (χ4v) is 2.29. The zero-order valence-corrected chi connectivity index (χ0v) is 13.8. The normalized spacial score (nSPS) is 15.4. The highest BCUT2D eigenvalue weighted by Crippen LogP contribution is 2.25. The molecular formula is C15H23N3O4. The van der Waals surface area contributed by atoms with Crippen molar-refractivity contribution < 1.29 is 19.1 Å². The molecule has 122 valence electrons. The Labute approximate surface area is 130 Å². The molecule has 1 aliphatic rings. The number of rotatable bonds is 3. The Morgan fingerprint density at radius 1 is 1.36 bits per heavy atom. The van der Waals surface area contributed by atoms with Crippen molar-refractivity contribution in [1.82, 2.24) is 14.7 Å². The van der Waals surface area contributed by atoms with E-state index in [9.17, 15) is 9.59 Å². The maximum Gasteiger partial charge on any atom is 0.410 e. The van der Waals surface area contributed by atoms with Crippen molar-refractivity contribution in [2.45, 2.75) is 46.3 Å². The van der Waals surface area contributed by atoms with Gasteiger partial charge in [0.25, 0.3) is 0 Å². The van der Waals surface area contributed by atoms with Crippen LogP contribution >= 0.6 is 0 Å². The van der Waals surface area contributed by atoms with Gasteiger partial charge >= 0.3 is 12.1 Å². The summed E-state index contributed by atoms with van der Waals surface area (Å²) in [5.74, 6) is -0.366. The van der Waals surface area contributed by atoms with Gasteiger partial charge < -0.3 is 14.4 Å². The van der Waals surface area contributed by atoms with E-state index in [1.807, 2.05) is 27.7 Å². The first-order valence-corrected chi connectivity index (χ1v) is 7.42. The standard InChI is InChI=1S/C15H23N3O4/c1-6-21-13(19)12-7-16-18(10(12)2)11-8-17(9-11)14(20)22-15(3,4)5/h7,11H,6,8-9H2,1-5H3. The number of ether oxygens (including phenoxy) is 2. The fraction of sp³-hybridized carbons (Fsp3) is 0.667. The van der Waals surface area contributed by atoms with Crippen molar-refractivity contribution in [3.8, 4) is 0 Å². The van der Waals surface area contributed by atoms with E-state index in [0.29, 0.717) is 25.3 Å². The summed E-state index contributed by atoms with van der Waals surface area (Å²) in [6.45, 7) is 10.5. The maximum absolute atomic E-state index is 11.9. The molecule has 2 heterocycles. The largest absolute Gasteiger partial charge is 0.462 e. The molecule has 0 aromatic carbocycles. The van der Waals surface area contributed by atoms with Crippen LogP contribution in [0.5, 0.6) is 0 Å². The summed E-state index contributed by atoms with van der Waals surface area (Å²) in [5.41, 5.74) is 0.728. The van der Waals surface area contributed by atoms with Crippen LogP contribution in [0, 0.1) is 6.92 Å². The molecule has 1 saturated heterocycles. The molecule has 0 saturated carbocycles. The fourth-order valence-electron chi connectivity index (χ4n) is 2.29. The third-order valence-corrected chi connectivity index (χ3v) is 3.40. The molecule has 0 atom stereocenters. The van der Waals surface area contributed by atoms with Crippen LogP contribution in [0.1, 0.15) is 49.8 Å². The highest BCUT2D eigenvalue weighted by molar-refractivity contribution is 5.90. The minimum Gasteiger partial charge on any atom is -0.462 e. The number of carbonyl (C=O) groups is 2. The van der Waals surface area contributed by atoms with Crippen molar-refractivity contribution in [1.29, 1.82) is 0 Å². The number of nitrogens with zero attached hydrogens (tertiary/aromatic N) is 3. The predicted octanol–water partition coefficient (Wildman–Crippen LogP) is 2.16. The van der Waals surface area contributed by atoms with Gasteiger partial charge in [0, 0.05) is 13.1 Å². The summed E-state index contributed by atoms with van der Waals surface area (Å²) < 4.78 is 12.1. The third-order valence-electron chi connectivity index (χ3n) is 3.40. The van der Waals surface area contributed by atoms with Crippen molar-refractivity contribution in [2.75, 3.05) is 19.7 Å². The zero-order valence-electron chi connectivity index (χ0n) is 13.8. The van der Waals surface area contributed by atoms with Crippen LogP contribution in [0.15, 0.2) is 6.20 Å². The molecule has 0 unspecified atom stereocenters. The van der Waals surface area contributed by atoms with Crippen LogP contribution < -0.4 is 0 Å². The highest BCUT2D eigenvalue weighted by Gasteiger charge is 2.36. The second-order valence-corrected chi connectivity index (χ2v) is 6.35. The Morgan fingerprint density at radius 2 is 2.00 bits per heavy atom. The van der Waals surface area contributed by atoms with E-state index >= 15 is 0 Å². The first-order valence-electron chi connectivity index (χ1n) is 7.42. The number of esters is 1. The summed E-state index contributed by atoms with van der Waals surface area (Å²) >= 11 is 0. The molecule has 0 aliphatic carbocycles. The Kier molecular flexibility index (Phi) is 4.44. The van der Waals surface area contributed by atoms with Crippen LogP contribution in [0.25, 0.3) is 0 Å².